The molecule has 0 spiro atoms. The van der Waals surface area contributed by atoms with Crippen LogP contribution in [-0.4, -0.2) is 17.6 Å². The first-order chi connectivity index (χ1) is 9.24. The summed E-state index contributed by atoms with van der Waals surface area (Å²) in [5.41, 5.74) is 4.55. The van der Waals surface area contributed by atoms with E-state index >= 15 is 0 Å². The fourth-order valence-electron chi connectivity index (χ4n) is 2.20. The van der Waals surface area contributed by atoms with Crippen LogP contribution in [0.5, 0.6) is 0 Å². The predicted molar refractivity (Wildman–Crippen MR) is 82.6 cm³/mol. The van der Waals surface area contributed by atoms with Gasteiger partial charge in [-0.05, 0) is 30.9 Å². The van der Waals surface area contributed by atoms with Crippen molar-refractivity contribution in [1.29, 1.82) is 0 Å². The molecule has 0 aliphatic heterocycles. The molecule has 0 saturated heterocycles. The average Bonchev–Trinajstić information content (AvgIpc) is 2.90. The number of nitrogens with zero attached hydrogens (tertiary/aromatic N) is 1. The Morgan fingerprint density at radius 1 is 1.16 bits per heavy atom. The van der Waals surface area contributed by atoms with Crippen LogP contribution in [0.25, 0.3) is 0 Å². The van der Waals surface area contributed by atoms with E-state index in [1.54, 1.807) is 11.3 Å². The van der Waals surface area contributed by atoms with Gasteiger partial charge in [0.1, 0.15) is 0 Å². The molecule has 0 fully saturated rings. The third kappa shape index (κ3) is 5.13. The predicted octanol–water partition coefficient (Wildman–Crippen LogP) is 3.54. The van der Waals surface area contributed by atoms with Gasteiger partial charge in [0.2, 0.25) is 0 Å². The molecule has 1 heterocycles. The third-order valence-electron chi connectivity index (χ3n) is 3.16. The lowest BCUT2D eigenvalue weighted by Gasteiger charge is -2.18. The first-order valence-corrected chi connectivity index (χ1v) is 7.82. The molecule has 1 aromatic carbocycles. The number of hydrogen-bond donors (Lipinski definition) is 1. The number of aromatic nitrogens is 1. The third-order valence-corrected chi connectivity index (χ3v) is 3.80. The lowest BCUT2D eigenvalue weighted by atomic mass is 9.94. The Morgan fingerprint density at radius 3 is 2.58 bits per heavy atom. The molecule has 3 heteroatoms. The summed E-state index contributed by atoms with van der Waals surface area (Å²) in [6.45, 7) is 5.44. The lowest BCUT2D eigenvalue weighted by molar-refractivity contribution is 0.441. The first-order valence-electron chi connectivity index (χ1n) is 6.88. The van der Waals surface area contributed by atoms with E-state index in [0.717, 1.165) is 19.4 Å². The smallest absolute Gasteiger partial charge is 0.0794 e. The van der Waals surface area contributed by atoms with Crippen LogP contribution in [0.3, 0.4) is 0 Å². The maximum atomic E-state index is 4.42. The quantitative estimate of drug-likeness (QED) is 0.835. The van der Waals surface area contributed by atoms with Crippen molar-refractivity contribution in [3.63, 3.8) is 0 Å². The summed E-state index contributed by atoms with van der Waals surface area (Å²) >= 11 is 1.68. The molecule has 0 aliphatic rings. The molecule has 2 nitrogen and oxygen atoms in total. The fourth-order valence-corrected chi connectivity index (χ4v) is 2.77. The highest BCUT2D eigenvalue weighted by Gasteiger charge is 2.12. The zero-order chi connectivity index (χ0) is 13.5. The number of benzene rings is 1. The van der Waals surface area contributed by atoms with Crippen molar-refractivity contribution in [2.75, 3.05) is 6.54 Å². The highest BCUT2D eigenvalue weighted by molar-refractivity contribution is 7.07. The van der Waals surface area contributed by atoms with Gasteiger partial charge in [0, 0.05) is 11.4 Å². The summed E-state index contributed by atoms with van der Waals surface area (Å²) in [7, 11) is 0. The van der Waals surface area contributed by atoms with Gasteiger partial charge in [-0.1, -0.05) is 44.2 Å². The Kier molecular flexibility index (Phi) is 5.55. The molecular weight excluding hydrogens is 252 g/mol. The van der Waals surface area contributed by atoms with Crippen molar-refractivity contribution in [2.24, 2.45) is 5.92 Å². The van der Waals surface area contributed by atoms with Crippen molar-refractivity contribution in [3.8, 4) is 0 Å². The molecule has 102 valence electrons. The van der Waals surface area contributed by atoms with Gasteiger partial charge in [-0.2, -0.15) is 0 Å². The van der Waals surface area contributed by atoms with Crippen LogP contribution >= 0.6 is 11.3 Å². The monoisotopic (exact) mass is 274 g/mol. The first kappa shape index (κ1) is 14.2. The maximum Gasteiger partial charge on any atom is 0.0794 e. The van der Waals surface area contributed by atoms with Gasteiger partial charge in [-0.25, -0.2) is 4.98 Å². The number of thiazole rings is 1. The molecule has 1 aromatic heterocycles. The van der Waals surface area contributed by atoms with Gasteiger partial charge in [0.05, 0.1) is 11.2 Å². The summed E-state index contributed by atoms with van der Waals surface area (Å²) in [6.07, 6.45) is 2.16. The zero-order valence-corrected chi connectivity index (χ0v) is 12.5. The Balaban J connectivity index is 1.97. The molecule has 1 unspecified atom stereocenters. The second-order valence-electron chi connectivity index (χ2n) is 5.30. The average molecular weight is 274 g/mol. The van der Waals surface area contributed by atoms with Gasteiger partial charge < -0.3 is 5.32 Å². The van der Waals surface area contributed by atoms with Crippen LogP contribution in [-0.2, 0) is 12.8 Å². The van der Waals surface area contributed by atoms with Crippen molar-refractivity contribution in [3.05, 3.63) is 52.5 Å². The van der Waals surface area contributed by atoms with E-state index in [1.165, 1.54) is 11.3 Å². The molecule has 0 radical (unpaired) electrons. The summed E-state index contributed by atoms with van der Waals surface area (Å²) in [6, 6.07) is 11.3. The van der Waals surface area contributed by atoms with Crippen LogP contribution in [0.2, 0.25) is 0 Å². The standard InChI is InChI=1S/C16H22N2S/c1-13(2)17-10-15(9-16-11-19-12-18-16)8-14-6-4-3-5-7-14/h3-7,11-13,15,17H,8-10H2,1-2H3. The molecule has 1 N–H and O–H groups in total. The van der Waals surface area contributed by atoms with Crippen LogP contribution in [0.4, 0.5) is 0 Å². The Bertz CT molecular complexity index is 451. The van der Waals surface area contributed by atoms with Crippen LogP contribution < -0.4 is 5.32 Å². The fraction of sp³-hybridized carbons (Fsp3) is 0.438. The highest BCUT2D eigenvalue weighted by atomic mass is 32.1. The van der Waals surface area contributed by atoms with Crippen LogP contribution in [0, 0.1) is 5.92 Å². The normalized spacial score (nSPS) is 12.8. The summed E-state index contributed by atoms with van der Waals surface area (Å²) in [5, 5.41) is 5.71. The van der Waals surface area contributed by atoms with Crippen molar-refractivity contribution >= 4 is 11.3 Å². The van der Waals surface area contributed by atoms with E-state index in [0.29, 0.717) is 12.0 Å². The molecule has 1 atom stereocenters. The van der Waals surface area contributed by atoms with E-state index in [-0.39, 0.29) is 0 Å². The van der Waals surface area contributed by atoms with Crippen LogP contribution in [0.15, 0.2) is 41.2 Å². The maximum absolute atomic E-state index is 4.42. The van der Waals surface area contributed by atoms with Gasteiger partial charge in [0.25, 0.3) is 0 Å². The molecule has 2 rings (SSSR count). The van der Waals surface area contributed by atoms with E-state index < -0.39 is 0 Å². The lowest BCUT2D eigenvalue weighted by Crippen LogP contribution is -2.31. The van der Waals surface area contributed by atoms with Crippen molar-refractivity contribution < 1.29 is 0 Å². The van der Waals surface area contributed by atoms with Gasteiger partial charge in [-0.3, -0.25) is 0 Å². The number of hydrogen-bond acceptors (Lipinski definition) is 3. The highest BCUT2D eigenvalue weighted by Crippen LogP contribution is 2.14. The van der Waals surface area contributed by atoms with Gasteiger partial charge in [-0.15, -0.1) is 11.3 Å². The summed E-state index contributed by atoms with van der Waals surface area (Å²) < 4.78 is 0. The largest absolute Gasteiger partial charge is 0.314 e. The molecule has 19 heavy (non-hydrogen) atoms. The zero-order valence-electron chi connectivity index (χ0n) is 11.7. The molecule has 0 amide bonds. The van der Waals surface area contributed by atoms with E-state index in [2.05, 4.69) is 59.9 Å². The van der Waals surface area contributed by atoms with Crippen LogP contribution in [0.1, 0.15) is 25.1 Å². The Labute approximate surface area is 119 Å². The second-order valence-corrected chi connectivity index (χ2v) is 6.02. The molecule has 0 saturated carbocycles. The number of nitrogens with one attached hydrogen (secondary N) is 1. The summed E-state index contributed by atoms with van der Waals surface area (Å²) in [4.78, 5) is 4.42. The molecule has 2 aromatic rings. The molecule has 0 bridgehead atoms. The van der Waals surface area contributed by atoms with Gasteiger partial charge in [0.15, 0.2) is 0 Å². The van der Waals surface area contributed by atoms with Gasteiger partial charge >= 0.3 is 0 Å². The van der Waals surface area contributed by atoms with Crippen molar-refractivity contribution in [1.82, 2.24) is 10.3 Å². The topological polar surface area (TPSA) is 24.9 Å². The van der Waals surface area contributed by atoms with E-state index in [1.807, 2.05) is 5.51 Å². The van der Waals surface area contributed by atoms with Crippen molar-refractivity contribution in [2.45, 2.75) is 32.7 Å². The minimum atomic E-state index is 0.536. The second kappa shape index (κ2) is 7.41. The van der Waals surface area contributed by atoms with E-state index in [4.69, 9.17) is 0 Å². The van der Waals surface area contributed by atoms with E-state index in [9.17, 15) is 0 Å². The number of rotatable bonds is 7. The Morgan fingerprint density at radius 2 is 1.95 bits per heavy atom. The minimum Gasteiger partial charge on any atom is -0.314 e. The SMILES string of the molecule is CC(C)NCC(Cc1ccccc1)Cc1cscn1. The molecule has 0 aliphatic carbocycles. The minimum absolute atomic E-state index is 0.536. The summed E-state index contributed by atoms with van der Waals surface area (Å²) in [5.74, 6) is 0.604. The Hall–Kier alpha value is -1.19. The molecular formula is C16H22N2S.